The van der Waals surface area contributed by atoms with Crippen LogP contribution in [0.25, 0.3) is 69.8 Å². The van der Waals surface area contributed by atoms with Gasteiger partial charge in [0, 0.05) is 0 Å². The van der Waals surface area contributed by atoms with Gasteiger partial charge in [-0.2, -0.15) is 0 Å². The summed E-state index contributed by atoms with van der Waals surface area (Å²) in [7, 11) is -0.821. The fourth-order valence-corrected chi connectivity index (χ4v) is 10.0. The number of hydrogen-bond donors (Lipinski definition) is 0. The van der Waals surface area contributed by atoms with Gasteiger partial charge in [-0.15, -0.1) is 0 Å². The van der Waals surface area contributed by atoms with E-state index in [9.17, 15) is 0 Å². The van der Waals surface area contributed by atoms with E-state index in [-0.39, 0.29) is 0 Å². The van der Waals surface area contributed by atoms with E-state index in [1.807, 2.05) is 0 Å². The normalized spacial score (nSPS) is 11.6. The minimum Gasteiger partial charge on any atom is -0.0622 e. The summed E-state index contributed by atoms with van der Waals surface area (Å²) in [5.74, 6) is 0. The zero-order valence-electron chi connectivity index (χ0n) is 33.9. The Balaban J connectivity index is 1.01. The number of hydrogen-bond acceptors (Lipinski definition) is 0. The Morgan fingerprint density at radius 3 is 0.738 bits per heavy atom. The van der Waals surface area contributed by atoms with Gasteiger partial charge in [0.1, 0.15) is 0 Å². The van der Waals surface area contributed by atoms with Crippen molar-refractivity contribution in [3.8, 4) is 33.4 Å². The number of benzene rings is 9. The zero-order chi connectivity index (χ0) is 41.1. The van der Waals surface area contributed by atoms with Gasteiger partial charge in [0.05, 0.1) is 0 Å². The third-order valence-corrected chi connectivity index (χ3v) is 13.4. The van der Waals surface area contributed by atoms with Crippen LogP contribution in [0.3, 0.4) is 0 Å². The molecule has 0 N–H and O–H groups in total. The lowest BCUT2D eigenvalue weighted by molar-refractivity contribution is 1.59. The highest BCUT2D eigenvalue weighted by Crippen LogP contribution is 2.34. The van der Waals surface area contributed by atoms with Crippen molar-refractivity contribution < 1.29 is 0 Å². The van der Waals surface area contributed by atoms with Crippen molar-refractivity contribution in [1.82, 2.24) is 0 Å². The third kappa shape index (κ3) is 9.59. The van der Waals surface area contributed by atoms with E-state index in [0.717, 1.165) is 0 Å². The van der Waals surface area contributed by atoms with Crippen LogP contribution in [0.15, 0.2) is 237 Å². The van der Waals surface area contributed by atoms with Crippen LogP contribution in [-0.2, 0) is 0 Å². The Kier molecular flexibility index (Phi) is 12.3. The molecule has 290 valence electrons. The van der Waals surface area contributed by atoms with Crippen molar-refractivity contribution in [2.75, 3.05) is 0 Å². The summed E-state index contributed by atoms with van der Waals surface area (Å²) in [4.78, 5) is 0. The highest BCUT2D eigenvalue weighted by Gasteiger charge is 2.17. The molecule has 0 saturated carbocycles. The highest BCUT2D eigenvalue weighted by atomic mass is 31.1. The maximum atomic E-state index is 2.32. The summed E-state index contributed by atoms with van der Waals surface area (Å²) < 4.78 is 0. The minimum absolute atomic E-state index is 0.821. The summed E-state index contributed by atoms with van der Waals surface area (Å²) >= 11 is 0. The molecule has 0 atom stereocenters. The molecule has 0 heterocycles. The molecule has 9 aromatic carbocycles. The van der Waals surface area contributed by atoms with Crippen molar-refractivity contribution in [1.29, 1.82) is 0 Å². The second-order valence-corrected chi connectivity index (χ2v) is 17.2. The van der Waals surface area contributed by atoms with Crippen molar-refractivity contribution in [2.24, 2.45) is 0 Å². The molecule has 0 aromatic heterocycles. The third-order valence-electron chi connectivity index (χ3n) is 11.0. The second kappa shape index (κ2) is 19.1. The molecule has 0 unspecified atom stereocenters. The lowest BCUT2D eigenvalue weighted by atomic mass is 9.99. The van der Waals surface area contributed by atoms with E-state index >= 15 is 0 Å². The molecule has 9 aromatic rings. The van der Waals surface area contributed by atoms with E-state index < -0.39 is 7.92 Å². The summed E-state index contributed by atoms with van der Waals surface area (Å²) in [6.45, 7) is 0. The molecule has 0 nitrogen and oxygen atoms in total. The predicted octanol–water partition coefficient (Wildman–Crippen LogP) is 15.0. The van der Waals surface area contributed by atoms with Gasteiger partial charge in [-0.3, -0.25) is 0 Å². The van der Waals surface area contributed by atoms with E-state index in [2.05, 4.69) is 273 Å². The minimum atomic E-state index is -0.821. The van der Waals surface area contributed by atoms with Gasteiger partial charge in [0.25, 0.3) is 0 Å². The van der Waals surface area contributed by atoms with Gasteiger partial charge in [0.2, 0.25) is 0 Å². The molecular weight excluding hydrogens is 752 g/mol. The van der Waals surface area contributed by atoms with E-state index in [0.29, 0.717) is 0 Å². The molecule has 0 aliphatic rings. The van der Waals surface area contributed by atoms with Crippen LogP contribution in [0.1, 0.15) is 33.4 Å². The average molecular weight is 797 g/mol. The Morgan fingerprint density at radius 2 is 0.459 bits per heavy atom. The molecule has 1 heteroatoms. The first kappa shape index (κ1) is 39.1. The largest absolute Gasteiger partial charge is 0.0622 e. The summed E-state index contributed by atoms with van der Waals surface area (Å²) in [6, 6.07) is 85.1. The Labute approximate surface area is 362 Å². The van der Waals surface area contributed by atoms with Gasteiger partial charge in [0.15, 0.2) is 0 Å². The summed E-state index contributed by atoms with van der Waals surface area (Å²) in [6.07, 6.45) is 13.4. The fourth-order valence-electron chi connectivity index (χ4n) is 7.78. The van der Waals surface area contributed by atoms with Gasteiger partial charge in [-0.1, -0.05) is 273 Å². The van der Waals surface area contributed by atoms with Crippen molar-refractivity contribution in [3.05, 3.63) is 270 Å². The Morgan fingerprint density at radius 1 is 0.213 bits per heavy atom. The van der Waals surface area contributed by atoms with Crippen LogP contribution < -0.4 is 15.9 Å². The lowest BCUT2D eigenvalue weighted by Gasteiger charge is -2.20. The smallest absolute Gasteiger partial charge is 0.0111 e. The Bertz CT molecular complexity index is 2580. The average Bonchev–Trinajstić information content (AvgIpc) is 3.34. The molecule has 61 heavy (non-hydrogen) atoms. The van der Waals surface area contributed by atoms with Gasteiger partial charge >= 0.3 is 0 Å². The predicted molar refractivity (Wildman–Crippen MR) is 268 cm³/mol. The lowest BCUT2D eigenvalue weighted by Crippen LogP contribution is -2.20. The van der Waals surface area contributed by atoms with Crippen LogP contribution in [0, 0.1) is 0 Å². The first-order valence-corrected chi connectivity index (χ1v) is 22.2. The first-order valence-electron chi connectivity index (χ1n) is 20.8. The van der Waals surface area contributed by atoms with Gasteiger partial charge in [-0.05, 0) is 90.6 Å². The van der Waals surface area contributed by atoms with Crippen molar-refractivity contribution in [2.45, 2.75) is 0 Å². The molecule has 0 aliphatic carbocycles. The van der Waals surface area contributed by atoms with Crippen molar-refractivity contribution in [3.63, 3.8) is 0 Å². The van der Waals surface area contributed by atoms with Crippen LogP contribution in [-0.4, -0.2) is 0 Å². The molecule has 0 fully saturated rings. The van der Waals surface area contributed by atoms with Crippen molar-refractivity contribution >= 4 is 60.3 Å². The molecule has 9 rings (SSSR count). The first-order chi connectivity index (χ1) is 30.2. The SMILES string of the molecule is C(=C\c1ccccc1-c1ccccc1)/c1ccc(P(c2ccc(/C=C/c3ccccc3-c3ccccc3)cc2)c2ccc(/C=C/c3ccccc3-c3ccccc3)cc2)cc1. The van der Waals surface area contributed by atoms with Gasteiger partial charge < -0.3 is 0 Å². The quantitative estimate of drug-likeness (QED) is 0.0853. The summed E-state index contributed by atoms with van der Waals surface area (Å²) in [5.41, 5.74) is 14.5. The van der Waals surface area contributed by atoms with Crippen LogP contribution in [0.4, 0.5) is 0 Å². The molecule has 0 aliphatic heterocycles. The van der Waals surface area contributed by atoms with E-state index in [4.69, 9.17) is 0 Å². The van der Waals surface area contributed by atoms with Crippen LogP contribution >= 0.6 is 7.92 Å². The molecule has 0 saturated heterocycles. The molecule has 0 spiro atoms. The Hall–Kier alpha value is -7.37. The maximum absolute atomic E-state index is 2.32. The van der Waals surface area contributed by atoms with E-state index in [1.165, 1.54) is 82.7 Å². The highest BCUT2D eigenvalue weighted by molar-refractivity contribution is 7.79. The zero-order valence-corrected chi connectivity index (χ0v) is 34.8. The standard InChI is InChI=1S/C60H45P/c1-4-16-49(17-5-1)58-25-13-10-22-52(58)37-28-46-31-40-55(41-32-46)61(56-42-33-47(34-43-56)29-38-53-23-11-14-26-59(53)50-18-6-2-7-19-50)57-44-35-48(36-45-57)30-39-54-24-12-15-27-60(54)51-20-8-3-9-21-51/h1-45H/b37-28+,38-29+,39-30+. The van der Waals surface area contributed by atoms with Crippen LogP contribution in [0.5, 0.6) is 0 Å². The topological polar surface area (TPSA) is 0 Å². The molecule has 0 bridgehead atoms. The second-order valence-electron chi connectivity index (χ2n) is 15.0. The molecule has 0 amide bonds. The molecular formula is C60H45P. The maximum Gasteiger partial charge on any atom is -0.0111 e. The van der Waals surface area contributed by atoms with E-state index in [1.54, 1.807) is 0 Å². The monoisotopic (exact) mass is 796 g/mol. The number of rotatable bonds is 12. The molecule has 0 radical (unpaired) electrons. The summed E-state index contributed by atoms with van der Waals surface area (Å²) in [5, 5.41) is 3.95. The van der Waals surface area contributed by atoms with Gasteiger partial charge in [-0.25, -0.2) is 0 Å². The fraction of sp³-hybridized carbons (Fsp3) is 0. The van der Waals surface area contributed by atoms with Crippen LogP contribution in [0.2, 0.25) is 0 Å².